The summed E-state index contributed by atoms with van der Waals surface area (Å²) in [7, 11) is 7.74. The fourth-order valence-electron chi connectivity index (χ4n) is 8.10. The molecule has 0 amide bonds. The molecule has 14 N–H and O–H groups in total. The van der Waals surface area contributed by atoms with E-state index >= 15 is 0 Å². The van der Waals surface area contributed by atoms with Gasteiger partial charge in [-0.3, -0.25) is 30.3 Å². The molecule has 0 aliphatic heterocycles. The van der Waals surface area contributed by atoms with Crippen molar-refractivity contribution in [3.05, 3.63) is 156 Å². The van der Waals surface area contributed by atoms with Gasteiger partial charge >= 0.3 is 0 Å². The van der Waals surface area contributed by atoms with Gasteiger partial charge in [-0.2, -0.15) is 5.10 Å². The Morgan fingerprint density at radius 1 is 0.530 bits per heavy atom. The summed E-state index contributed by atoms with van der Waals surface area (Å²) in [5.41, 5.74) is 44.3. The molecular weight excluding hydrogens is 1050 g/mol. The topological polar surface area (TPSA) is 391 Å². The van der Waals surface area contributed by atoms with Gasteiger partial charge in [0.2, 0.25) is 0 Å². The van der Waals surface area contributed by atoms with Crippen molar-refractivity contribution in [3.8, 4) is 34.9 Å². The number of hydrogen-bond acceptors (Lipinski definition) is 21. The highest BCUT2D eigenvalue weighted by molar-refractivity contribution is 6.07. The Bertz CT molecular complexity index is 4410. The zero-order valence-electron chi connectivity index (χ0n) is 45.1. The third kappa shape index (κ3) is 12.7. The average molecular weight is 1100 g/mol. The van der Waals surface area contributed by atoms with Crippen molar-refractivity contribution in [2.75, 3.05) is 58.5 Å². The second-order valence-corrected chi connectivity index (χ2v) is 18.9. The van der Waals surface area contributed by atoms with Gasteiger partial charge in [0.25, 0.3) is 0 Å². The normalized spacial score (nSPS) is 12.1. The highest BCUT2D eigenvalue weighted by atomic mass is 15.2. The van der Waals surface area contributed by atoms with Crippen LogP contribution in [-0.4, -0.2) is 109 Å². The number of nitrogens with two attached hydrogens (primary N) is 6. The van der Waals surface area contributed by atoms with Crippen molar-refractivity contribution in [3.63, 3.8) is 0 Å². The summed E-state index contributed by atoms with van der Waals surface area (Å²) in [6.45, 7) is 1.09. The largest absolute Gasteiger partial charge is 0.383 e. The molecule has 25 nitrogen and oxygen atoms in total. The molecule has 0 fully saturated rings. The van der Waals surface area contributed by atoms with E-state index in [-0.39, 0.29) is 63.8 Å². The van der Waals surface area contributed by atoms with Crippen LogP contribution in [0.5, 0.6) is 0 Å². The molecule has 10 aromatic rings. The van der Waals surface area contributed by atoms with Gasteiger partial charge in [-0.05, 0) is 113 Å². The molecular formula is C58H51N25. The number of aromatic nitrogens is 8. The fraction of sp³-hybridized carbons (Fsp3) is 0.103. The van der Waals surface area contributed by atoms with E-state index < -0.39 is 0 Å². The van der Waals surface area contributed by atoms with Crippen LogP contribution in [-0.2, 0) is 0 Å². The molecule has 0 aliphatic carbocycles. The van der Waals surface area contributed by atoms with Gasteiger partial charge in [0, 0.05) is 73.2 Å². The third-order valence-electron chi connectivity index (χ3n) is 12.2. The predicted molar refractivity (Wildman–Crippen MR) is 324 cm³/mol. The zero-order chi connectivity index (χ0) is 58.1. The second-order valence-electron chi connectivity index (χ2n) is 18.9. The maximum Gasteiger partial charge on any atom is 0.174 e. The Kier molecular flexibility index (Phi) is 15.8. The van der Waals surface area contributed by atoms with Gasteiger partial charge in [0.1, 0.15) is 51.5 Å². The molecule has 3 aromatic carbocycles. The van der Waals surface area contributed by atoms with Crippen molar-refractivity contribution in [1.29, 1.82) is 5.41 Å². The number of pyridine rings is 6. The first-order valence-electron chi connectivity index (χ1n) is 25.2. The number of nitrogen functional groups attached to an aromatic ring is 4. The maximum atomic E-state index is 7.64. The molecule has 0 saturated carbocycles. The van der Waals surface area contributed by atoms with Crippen LogP contribution in [0.1, 0.15) is 28.1 Å². The minimum Gasteiger partial charge on any atom is -0.383 e. The molecule has 83 heavy (non-hydrogen) atoms. The van der Waals surface area contributed by atoms with Gasteiger partial charge in [0.15, 0.2) is 40.7 Å². The number of aromatic amines is 1. The van der Waals surface area contributed by atoms with Gasteiger partial charge in [0.05, 0.1) is 31.2 Å². The van der Waals surface area contributed by atoms with Crippen LogP contribution in [0, 0.1) is 29.1 Å². The van der Waals surface area contributed by atoms with E-state index in [0.717, 1.165) is 22.0 Å². The summed E-state index contributed by atoms with van der Waals surface area (Å²) in [5.74, 6) is 13.6. The Balaban J connectivity index is 0.917. The molecule has 7 aromatic heterocycles. The lowest BCUT2D eigenvalue weighted by Gasteiger charge is -2.10. The van der Waals surface area contributed by atoms with Crippen LogP contribution in [0.2, 0.25) is 0 Å². The molecule has 10 rings (SSSR count). The van der Waals surface area contributed by atoms with Crippen LogP contribution in [0.15, 0.2) is 169 Å². The molecule has 7 heterocycles. The molecule has 0 aliphatic rings. The Morgan fingerprint density at radius 3 is 1.64 bits per heavy atom. The molecule has 0 bridgehead atoms. The van der Waals surface area contributed by atoms with Crippen LogP contribution in [0.25, 0.3) is 43.6 Å². The highest BCUT2D eigenvalue weighted by Gasteiger charge is 2.17. The second kappa shape index (κ2) is 24.1. The molecule has 0 saturated heterocycles. The van der Waals surface area contributed by atoms with E-state index in [1.54, 1.807) is 48.8 Å². The summed E-state index contributed by atoms with van der Waals surface area (Å²) >= 11 is 0. The number of anilines is 3. The summed E-state index contributed by atoms with van der Waals surface area (Å²) < 4.78 is 0. The number of hydrogen-bond donors (Lipinski definition) is 8. The van der Waals surface area contributed by atoms with Crippen molar-refractivity contribution < 1.29 is 0 Å². The van der Waals surface area contributed by atoms with Crippen molar-refractivity contribution >= 4 is 113 Å². The summed E-state index contributed by atoms with van der Waals surface area (Å²) in [4.78, 5) is 40.0. The predicted octanol–water partition coefficient (Wildman–Crippen LogP) is 9.08. The fourth-order valence-corrected chi connectivity index (χ4v) is 8.10. The number of fused-ring (bicyclic) bond motifs is 3. The lowest BCUT2D eigenvalue weighted by molar-refractivity contribution is 0.464. The molecule has 0 spiro atoms. The third-order valence-corrected chi connectivity index (χ3v) is 12.2. The first-order valence-corrected chi connectivity index (χ1v) is 25.2. The average Bonchev–Trinajstić information content (AvgIpc) is 4.20. The SMILES string of the molecule is CN(C)CC#Cc1ccc2c(/N=C(\N)c3ccc(/N=N/c4c(N)nc(/N=C(\N)c5ccc(/N=N/c6c(N)ncc7ccc(-c8ccn[nH]8)cc67)cn5)c5ccc(C#CCN(C)C)cc45)nc3)nc(N)c(/N=N/c3ccc(C(=N)N)nc3)c2c1. The summed E-state index contributed by atoms with van der Waals surface area (Å²) in [5, 5.41) is 45.2. The number of benzene rings is 3. The minimum atomic E-state index is -0.170. The van der Waals surface area contributed by atoms with Crippen molar-refractivity contribution in [1.82, 2.24) is 49.9 Å². The van der Waals surface area contributed by atoms with Crippen LogP contribution >= 0.6 is 0 Å². The molecule has 0 atom stereocenters. The van der Waals surface area contributed by atoms with Crippen molar-refractivity contribution in [2.24, 2.45) is 57.9 Å². The molecule has 0 unspecified atom stereocenters. The number of rotatable bonds is 14. The Morgan fingerprint density at radius 2 is 1.11 bits per heavy atom. The molecule has 408 valence electrons. The Hall–Kier alpha value is -11.8. The maximum absolute atomic E-state index is 7.64. The monoisotopic (exact) mass is 1100 g/mol. The number of nitrogens with zero attached hydrogens (tertiary/aromatic N) is 17. The quantitative estimate of drug-likeness (QED) is 0.0218. The molecule has 0 radical (unpaired) electrons. The number of nitrogens with one attached hydrogen (secondary N) is 2. The molecule has 25 heteroatoms. The first kappa shape index (κ1) is 54.6. The van der Waals surface area contributed by atoms with Crippen LogP contribution in [0.4, 0.5) is 63.3 Å². The highest BCUT2D eigenvalue weighted by Crippen LogP contribution is 2.40. The number of azo groups is 3. The zero-order valence-corrected chi connectivity index (χ0v) is 45.1. The van der Waals surface area contributed by atoms with E-state index in [1.165, 1.54) is 18.6 Å². The van der Waals surface area contributed by atoms with E-state index in [9.17, 15) is 0 Å². The van der Waals surface area contributed by atoms with Gasteiger partial charge in [-0.1, -0.05) is 35.8 Å². The van der Waals surface area contributed by atoms with Gasteiger partial charge in [-0.15, -0.1) is 30.7 Å². The Labute approximate surface area is 474 Å². The summed E-state index contributed by atoms with van der Waals surface area (Å²) in [6.07, 6.45) is 7.83. The first-order chi connectivity index (χ1) is 40.1. The number of H-pyrrole nitrogens is 1. The smallest absolute Gasteiger partial charge is 0.174 e. The van der Waals surface area contributed by atoms with Gasteiger partial charge < -0.3 is 34.4 Å². The van der Waals surface area contributed by atoms with Gasteiger partial charge in [-0.25, -0.2) is 29.9 Å². The lowest BCUT2D eigenvalue weighted by atomic mass is 10.1. The van der Waals surface area contributed by atoms with E-state index in [2.05, 4.69) is 99.5 Å². The van der Waals surface area contributed by atoms with Crippen molar-refractivity contribution in [2.45, 2.75) is 0 Å². The van der Waals surface area contributed by atoms with Crippen LogP contribution in [0.3, 0.4) is 0 Å². The standard InChI is InChI=1S/C58H51N25/c1-82(2)23-5-7-32-9-16-39-42(25-32)49(80-76-37-14-18-45(51(59)60)66-30-37)55(64)73-57(39)71-52(61)36-13-20-47(68-29-36)78-81-50-43-26-33(8-6-24-83(3)4)10-17-40(43)58(74-56(50)65)72-53(62)46-19-15-38(31-67-46)75-79-48-41-27-34(44-21-22-70-77-44)11-12-35(41)28-69-54(48)63/h9-22,25-31H,23-24H2,1-4H3,(H3,59,60)(H2,63,69)(H,70,77)(H4,61,64,71,73)(H4,62,65,72,74)/b79-75+,80-76+,81-78+. The summed E-state index contributed by atoms with van der Waals surface area (Å²) in [6, 6.07) is 28.6. The number of amidine groups is 3. The minimum absolute atomic E-state index is 0.0151. The number of aliphatic imine (C=N–C) groups is 2. The van der Waals surface area contributed by atoms with E-state index in [4.69, 9.17) is 44.8 Å². The van der Waals surface area contributed by atoms with E-state index in [1.807, 2.05) is 98.7 Å². The van der Waals surface area contributed by atoms with E-state index in [0.29, 0.717) is 79.8 Å². The lowest BCUT2D eigenvalue weighted by Crippen LogP contribution is -2.14. The van der Waals surface area contributed by atoms with Crippen LogP contribution < -0.4 is 34.4 Å².